The summed E-state index contributed by atoms with van der Waals surface area (Å²) in [5, 5.41) is 12.4. The fourth-order valence-corrected chi connectivity index (χ4v) is 3.56. The van der Waals surface area contributed by atoms with Crippen LogP contribution in [-0.4, -0.2) is 29.1 Å². The molecule has 1 aliphatic carbocycles. The van der Waals surface area contributed by atoms with Crippen LogP contribution in [0.25, 0.3) is 0 Å². The van der Waals surface area contributed by atoms with Gasteiger partial charge in [-0.15, -0.1) is 0 Å². The molecule has 124 valence electrons. The number of nitrogens with one attached hydrogen (secondary N) is 1. The Bertz CT molecular complexity index is 561. The van der Waals surface area contributed by atoms with E-state index in [0.29, 0.717) is 12.8 Å². The second-order valence-electron chi connectivity index (χ2n) is 6.47. The van der Waals surface area contributed by atoms with Crippen molar-refractivity contribution in [3.63, 3.8) is 0 Å². The van der Waals surface area contributed by atoms with Crippen LogP contribution in [0.5, 0.6) is 5.75 Å². The average Bonchev–Trinajstić information content (AvgIpc) is 2.93. The number of para-hydroxylation sites is 1. The van der Waals surface area contributed by atoms with Crippen LogP contribution in [0, 0.1) is 5.92 Å². The number of benzene rings is 1. The highest BCUT2D eigenvalue weighted by molar-refractivity contribution is 5.83. The third-order valence-electron chi connectivity index (χ3n) is 4.85. The van der Waals surface area contributed by atoms with Crippen LogP contribution in [-0.2, 0) is 16.0 Å². The first-order valence-corrected chi connectivity index (χ1v) is 8.43. The summed E-state index contributed by atoms with van der Waals surface area (Å²) in [4.78, 5) is 24.0. The number of ether oxygens (including phenoxy) is 1. The van der Waals surface area contributed by atoms with E-state index in [2.05, 4.69) is 5.32 Å². The van der Waals surface area contributed by atoms with Gasteiger partial charge in [-0.3, -0.25) is 9.59 Å². The number of carboxylic acids is 1. The van der Waals surface area contributed by atoms with Crippen molar-refractivity contribution < 1.29 is 19.4 Å². The lowest BCUT2D eigenvalue weighted by atomic mass is 9.86. The second kappa shape index (κ2) is 7.02. The molecule has 1 aliphatic heterocycles. The summed E-state index contributed by atoms with van der Waals surface area (Å²) in [5.74, 6) is -0.756. The van der Waals surface area contributed by atoms with Gasteiger partial charge in [0.05, 0.1) is 5.92 Å². The molecule has 2 aliphatic rings. The van der Waals surface area contributed by atoms with Crippen molar-refractivity contribution in [2.24, 2.45) is 5.92 Å². The molecule has 23 heavy (non-hydrogen) atoms. The van der Waals surface area contributed by atoms with Gasteiger partial charge in [0.15, 0.2) is 6.10 Å². The summed E-state index contributed by atoms with van der Waals surface area (Å²) in [5.41, 5.74) is 1.03. The molecule has 1 amide bonds. The minimum absolute atomic E-state index is 0.196. The first-order valence-electron chi connectivity index (χ1n) is 8.43. The molecule has 0 bridgehead atoms. The Kier molecular flexibility index (Phi) is 4.84. The van der Waals surface area contributed by atoms with Gasteiger partial charge in [0.25, 0.3) is 5.91 Å². The maximum atomic E-state index is 12.5. The van der Waals surface area contributed by atoms with Crippen LogP contribution >= 0.6 is 0 Å². The van der Waals surface area contributed by atoms with Gasteiger partial charge < -0.3 is 15.2 Å². The van der Waals surface area contributed by atoms with Gasteiger partial charge in [0.2, 0.25) is 0 Å². The van der Waals surface area contributed by atoms with E-state index in [0.717, 1.165) is 43.4 Å². The van der Waals surface area contributed by atoms with Gasteiger partial charge in [-0.2, -0.15) is 0 Å². The first kappa shape index (κ1) is 15.8. The molecule has 1 fully saturated rings. The van der Waals surface area contributed by atoms with E-state index in [9.17, 15) is 14.7 Å². The number of hydrogen-bond acceptors (Lipinski definition) is 3. The molecule has 2 N–H and O–H groups in total. The molecule has 1 aromatic rings. The Morgan fingerprint density at radius 3 is 2.57 bits per heavy atom. The predicted octanol–water partition coefficient (Wildman–Crippen LogP) is 2.53. The molecule has 1 saturated carbocycles. The van der Waals surface area contributed by atoms with E-state index in [-0.39, 0.29) is 11.9 Å². The lowest BCUT2D eigenvalue weighted by molar-refractivity contribution is -0.144. The zero-order chi connectivity index (χ0) is 16.2. The van der Waals surface area contributed by atoms with E-state index in [4.69, 9.17) is 4.74 Å². The summed E-state index contributed by atoms with van der Waals surface area (Å²) >= 11 is 0. The smallest absolute Gasteiger partial charge is 0.308 e. The molecular weight excluding hydrogens is 294 g/mol. The van der Waals surface area contributed by atoms with Crippen LogP contribution in [0.3, 0.4) is 0 Å². The minimum atomic E-state index is -0.812. The number of carbonyl (C=O) groups is 2. The Balaban J connectivity index is 1.65. The lowest BCUT2D eigenvalue weighted by Gasteiger charge is -2.28. The standard InChI is InChI=1S/C18H23NO4/c20-17(16-11-12-7-5-6-10-15(12)23-16)19-14-9-4-2-1-3-8-13(14)18(21)22/h5-7,10,13-14,16H,1-4,8-9,11H2,(H,19,20)(H,21,22). The van der Waals surface area contributed by atoms with Crippen molar-refractivity contribution in [1.82, 2.24) is 5.32 Å². The van der Waals surface area contributed by atoms with Crippen molar-refractivity contribution in [1.29, 1.82) is 0 Å². The summed E-state index contributed by atoms with van der Waals surface area (Å²) in [7, 11) is 0. The fourth-order valence-electron chi connectivity index (χ4n) is 3.56. The summed E-state index contributed by atoms with van der Waals surface area (Å²) in [6, 6.07) is 7.33. The molecule has 3 atom stereocenters. The number of amides is 1. The zero-order valence-electron chi connectivity index (χ0n) is 13.2. The maximum Gasteiger partial charge on any atom is 0.308 e. The van der Waals surface area contributed by atoms with Crippen LogP contribution in [0.15, 0.2) is 24.3 Å². The minimum Gasteiger partial charge on any atom is -0.481 e. The van der Waals surface area contributed by atoms with E-state index in [1.807, 2.05) is 24.3 Å². The molecule has 5 nitrogen and oxygen atoms in total. The van der Waals surface area contributed by atoms with E-state index in [1.54, 1.807) is 0 Å². The fraction of sp³-hybridized carbons (Fsp3) is 0.556. The second-order valence-corrected chi connectivity index (χ2v) is 6.47. The first-order chi connectivity index (χ1) is 11.1. The van der Waals surface area contributed by atoms with Gasteiger partial charge in [0, 0.05) is 12.5 Å². The highest BCUT2D eigenvalue weighted by Gasteiger charge is 2.34. The third kappa shape index (κ3) is 3.66. The molecular formula is C18H23NO4. The normalized spacial score (nSPS) is 27.2. The Morgan fingerprint density at radius 2 is 1.83 bits per heavy atom. The molecule has 0 spiro atoms. The number of carboxylic acid groups (broad SMARTS) is 1. The largest absolute Gasteiger partial charge is 0.481 e. The molecule has 3 rings (SSSR count). The third-order valence-corrected chi connectivity index (χ3v) is 4.85. The van der Waals surface area contributed by atoms with Crippen molar-refractivity contribution in [2.45, 2.75) is 57.1 Å². The van der Waals surface area contributed by atoms with Gasteiger partial charge in [-0.1, -0.05) is 43.9 Å². The SMILES string of the molecule is O=C(NC1CCCCCCC1C(=O)O)C1Cc2ccccc2O1. The molecule has 1 heterocycles. The van der Waals surface area contributed by atoms with Crippen LogP contribution < -0.4 is 10.1 Å². The lowest BCUT2D eigenvalue weighted by Crippen LogP contribution is -2.48. The quantitative estimate of drug-likeness (QED) is 0.898. The van der Waals surface area contributed by atoms with E-state index < -0.39 is 18.0 Å². The van der Waals surface area contributed by atoms with Gasteiger partial charge in [0.1, 0.15) is 5.75 Å². The summed E-state index contributed by atoms with van der Waals surface area (Å²) in [6.07, 6.45) is 5.40. The highest BCUT2D eigenvalue weighted by atomic mass is 16.5. The number of fused-ring (bicyclic) bond motifs is 1. The molecule has 0 saturated heterocycles. The average molecular weight is 317 g/mol. The monoisotopic (exact) mass is 317 g/mol. The number of hydrogen-bond donors (Lipinski definition) is 2. The van der Waals surface area contributed by atoms with Crippen molar-refractivity contribution in [3.05, 3.63) is 29.8 Å². The van der Waals surface area contributed by atoms with Crippen LogP contribution in [0.2, 0.25) is 0 Å². The van der Waals surface area contributed by atoms with Crippen molar-refractivity contribution in [2.75, 3.05) is 0 Å². The zero-order valence-corrected chi connectivity index (χ0v) is 13.2. The number of carbonyl (C=O) groups excluding carboxylic acids is 1. The molecule has 0 aromatic heterocycles. The topological polar surface area (TPSA) is 75.6 Å². The maximum absolute atomic E-state index is 12.5. The van der Waals surface area contributed by atoms with Crippen LogP contribution in [0.4, 0.5) is 0 Å². The van der Waals surface area contributed by atoms with Gasteiger partial charge >= 0.3 is 5.97 Å². The molecule has 1 aromatic carbocycles. The van der Waals surface area contributed by atoms with E-state index >= 15 is 0 Å². The Morgan fingerprint density at radius 1 is 1.09 bits per heavy atom. The molecule has 5 heteroatoms. The van der Waals surface area contributed by atoms with Crippen molar-refractivity contribution in [3.8, 4) is 5.75 Å². The number of rotatable bonds is 3. The molecule has 3 unspecified atom stereocenters. The van der Waals surface area contributed by atoms with Crippen molar-refractivity contribution >= 4 is 11.9 Å². The van der Waals surface area contributed by atoms with Gasteiger partial charge in [-0.25, -0.2) is 0 Å². The predicted molar refractivity (Wildman–Crippen MR) is 85.3 cm³/mol. The van der Waals surface area contributed by atoms with E-state index in [1.165, 1.54) is 0 Å². The summed E-state index contributed by atoms with van der Waals surface area (Å²) < 4.78 is 5.70. The Labute approximate surface area is 136 Å². The van der Waals surface area contributed by atoms with Crippen LogP contribution in [0.1, 0.15) is 44.1 Å². The molecule has 0 radical (unpaired) electrons. The van der Waals surface area contributed by atoms with Gasteiger partial charge in [-0.05, 0) is 24.5 Å². The Hall–Kier alpha value is -2.04. The highest BCUT2D eigenvalue weighted by Crippen LogP contribution is 2.29. The number of aliphatic carboxylic acids is 1. The summed E-state index contributed by atoms with van der Waals surface area (Å²) in [6.45, 7) is 0.